The molecule has 0 saturated heterocycles. The van der Waals surface area contributed by atoms with Crippen molar-refractivity contribution in [1.29, 1.82) is 5.26 Å². The first-order valence-electron chi connectivity index (χ1n) is 6.87. The fourth-order valence-electron chi connectivity index (χ4n) is 2.69. The van der Waals surface area contributed by atoms with Gasteiger partial charge in [-0.25, -0.2) is 19.3 Å². The van der Waals surface area contributed by atoms with E-state index in [0.717, 1.165) is 33.6 Å². The van der Waals surface area contributed by atoms with Gasteiger partial charge in [-0.2, -0.15) is 5.26 Å². The summed E-state index contributed by atoms with van der Waals surface area (Å²) in [5, 5.41) is 20.3. The quantitative estimate of drug-likeness (QED) is 0.567. The molecule has 4 aromatic rings. The molecule has 5 nitrogen and oxygen atoms in total. The number of phenolic OH excluding ortho intramolecular Hbond substituents is 1. The van der Waals surface area contributed by atoms with Gasteiger partial charge in [0.15, 0.2) is 5.52 Å². The van der Waals surface area contributed by atoms with Gasteiger partial charge in [-0.1, -0.05) is 0 Å². The molecule has 0 atom stereocenters. The van der Waals surface area contributed by atoms with Crippen LogP contribution in [0.15, 0.2) is 42.7 Å². The van der Waals surface area contributed by atoms with E-state index < -0.39 is 5.82 Å². The fraction of sp³-hybridized carbons (Fsp3) is 0. The Labute approximate surface area is 129 Å². The number of aromatic nitrogens is 3. The Morgan fingerprint density at radius 1 is 1.13 bits per heavy atom. The molecule has 3 aromatic heterocycles. The normalized spacial score (nSPS) is 11.0. The highest BCUT2D eigenvalue weighted by molar-refractivity contribution is 6.05. The maximum Gasteiger partial charge on any atom is 0.285 e. The molecule has 0 aliphatic carbocycles. The van der Waals surface area contributed by atoms with Crippen molar-refractivity contribution in [3.05, 3.63) is 54.2 Å². The maximum atomic E-state index is 13.5. The Morgan fingerprint density at radius 3 is 2.78 bits per heavy atom. The van der Waals surface area contributed by atoms with Crippen LogP contribution in [0, 0.1) is 17.1 Å². The number of aromatic hydroxyl groups is 1. The summed E-state index contributed by atoms with van der Waals surface area (Å²) in [6.45, 7) is 0. The van der Waals surface area contributed by atoms with Crippen LogP contribution in [-0.4, -0.2) is 15.1 Å². The van der Waals surface area contributed by atoms with E-state index in [1.165, 1.54) is 12.1 Å². The Kier molecular flexibility index (Phi) is 2.75. The maximum absolute atomic E-state index is 13.5. The fourth-order valence-corrected chi connectivity index (χ4v) is 2.69. The molecule has 0 amide bonds. The van der Waals surface area contributed by atoms with E-state index >= 15 is 0 Å². The molecule has 4 rings (SSSR count). The zero-order valence-electron chi connectivity index (χ0n) is 11.8. The number of H-pyrrole nitrogens is 2. The average Bonchev–Trinajstić information content (AvgIpc) is 2.90. The Hall–Kier alpha value is -3.46. The third kappa shape index (κ3) is 2.15. The van der Waals surface area contributed by atoms with Gasteiger partial charge in [0, 0.05) is 17.0 Å². The lowest BCUT2D eigenvalue weighted by atomic mass is 10.1. The molecule has 0 fully saturated rings. The zero-order chi connectivity index (χ0) is 16.0. The lowest BCUT2D eigenvalue weighted by Gasteiger charge is -2.01. The molecular formula is C17H10FN4O+. The Bertz CT molecular complexity index is 1090. The van der Waals surface area contributed by atoms with E-state index in [1.807, 2.05) is 12.1 Å². The van der Waals surface area contributed by atoms with Crippen molar-refractivity contribution >= 4 is 21.9 Å². The van der Waals surface area contributed by atoms with Gasteiger partial charge in [-0.05, 0) is 29.8 Å². The van der Waals surface area contributed by atoms with Crippen LogP contribution in [0.2, 0.25) is 0 Å². The summed E-state index contributed by atoms with van der Waals surface area (Å²) in [6.07, 6.45) is 3.33. The monoisotopic (exact) mass is 305 g/mol. The van der Waals surface area contributed by atoms with E-state index in [9.17, 15) is 9.50 Å². The van der Waals surface area contributed by atoms with Crippen LogP contribution >= 0.6 is 0 Å². The van der Waals surface area contributed by atoms with Crippen molar-refractivity contribution in [2.45, 2.75) is 0 Å². The number of halogens is 1. The molecule has 0 aliphatic rings. The summed E-state index contributed by atoms with van der Waals surface area (Å²) < 4.78 is 13.5. The molecule has 0 bridgehead atoms. The van der Waals surface area contributed by atoms with Crippen LogP contribution in [-0.2, 0) is 0 Å². The first-order valence-corrected chi connectivity index (χ1v) is 6.87. The van der Waals surface area contributed by atoms with Gasteiger partial charge < -0.3 is 5.11 Å². The van der Waals surface area contributed by atoms with Gasteiger partial charge in [-0.15, -0.1) is 0 Å². The first-order chi connectivity index (χ1) is 11.1. The van der Waals surface area contributed by atoms with Crippen molar-refractivity contribution in [3.8, 4) is 22.9 Å². The molecule has 23 heavy (non-hydrogen) atoms. The van der Waals surface area contributed by atoms with E-state index in [0.29, 0.717) is 11.3 Å². The summed E-state index contributed by atoms with van der Waals surface area (Å²) >= 11 is 0. The van der Waals surface area contributed by atoms with Gasteiger partial charge in [-0.3, -0.25) is 0 Å². The lowest BCUT2D eigenvalue weighted by molar-refractivity contribution is -0.346. The highest BCUT2D eigenvalue weighted by Crippen LogP contribution is 2.29. The van der Waals surface area contributed by atoms with E-state index in [4.69, 9.17) is 5.26 Å². The second-order valence-electron chi connectivity index (χ2n) is 5.23. The van der Waals surface area contributed by atoms with Gasteiger partial charge in [0.1, 0.15) is 23.3 Å². The molecule has 0 radical (unpaired) electrons. The number of fused-ring (bicyclic) bond motifs is 3. The van der Waals surface area contributed by atoms with E-state index in [1.54, 1.807) is 18.5 Å². The molecule has 3 N–H and O–H groups in total. The van der Waals surface area contributed by atoms with Crippen molar-refractivity contribution < 1.29 is 14.5 Å². The van der Waals surface area contributed by atoms with Crippen LogP contribution in [0.4, 0.5) is 4.39 Å². The minimum atomic E-state index is -0.505. The topological polar surface area (TPSA) is 86.8 Å². The number of aromatic amines is 2. The number of benzene rings is 1. The Morgan fingerprint density at radius 2 is 2.00 bits per heavy atom. The van der Waals surface area contributed by atoms with Crippen LogP contribution in [0.3, 0.4) is 0 Å². The summed E-state index contributed by atoms with van der Waals surface area (Å²) in [5.41, 5.74) is 3.19. The molecule has 0 aliphatic heterocycles. The third-order valence-electron chi connectivity index (χ3n) is 3.73. The molecule has 0 saturated carbocycles. The molecule has 110 valence electrons. The minimum Gasteiger partial charge on any atom is -0.508 e. The molecule has 0 spiro atoms. The molecule has 3 heterocycles. The lowest BCUT2D eigenvalue weighted by Crippen LogP contribution is -2.03. The summed E-state index contributed by atoms with van der Waals surface area (Å²) in [6, 6.07) is 9.50. The second-order valence-corrected chi connectivity index (χ2v) is 5.23. The number of nitriles is 1. The second kappa shape index (κ2) is 4.78. The first kappa shape index (κ1) is 13.2. The van der Waals surface area contributed by atoms with Gasteiger partial charge in [0.2, 0.25) is 0 Å². The minimum absolute atomic E-state index is 0.130. The van der Waals surface area contributed by atoms with Crippen LogP contribution in [0.1, 0.15) is 5.69 Å². The van der Waals surface area contributed by atoms with Crippen LogP contribution in [0.5, 0.6) is 5.75 Å². The molecule has 1 aromatic carbocycles. The van der Waals surface area contributed by atoms with Crippen molar-refractivity contribution in [2.24, 2.45) is 0 Å². The van der Waals surface area contributed by atoms with Gasteiger partial charge >= 0.3 is 0 Å². The van der Waals surface area contributed by atoms with Crippen molar-refractivity contribution in [2.75, 3.05) is 0 Å². The Balaban J connectivity index is 1.99. The molecule has 6 heteroatoms. The SMILES string of the molecule is N#Cc1cc2c(cn1)[nH]c1[nH+]cc(-c3cc(O)cc(F)c3)cc12. The summed E-state index contributed by atoms with van der Waals surface area (Å²) in [7, 11) is 0. The highest BCUT2D eigenvalue weighted by atomic mass is 19.1. The summed E-state index contributed by atoms with van der Waals surface area (Å²) in [5.74, 6) is -0.634. The zero-order valence-corrected chi connectivity index (χ0v) is 11.8. The number of phenols is 1. The van der Waals surface area contributed by atoms with Gasteiger partial charge in [0.25, 0.3) is 5.65 Å². The number of rotatable bonds is 1. The molecule has 0 unspecified atom stereocenters. The molecular weight excluding hydrogens is 295 g/mol. The van der Waals surface area contributed by atoms with E-state index in [2.05, 4.69) is 15.0 Å². The smallest absolute Gasteiger partial charge is 0.285 e. The predicted octanol–water partition coefficient (Wildman–Crippen LogP) is 2.91. The largest absolute Gasteiger partial charge is 0.508 e. The number of hydrogen-bond acceptors (Lipinski definition) is 3. The number of hydrogen-bond donors (Lipinski definition) is 2. The third-order valence-corrected chi connectivity index (χ3v) is 3.73. The van der Waals surface area contributed by atoms with Gasteiger partial charge in [0.05, 0.1) is 17.8 Å². The average molecular weight is 305 g/mol. The van der Waals surface area contributed by atoms with Crippen LogP contribution in [0.25, 0.3) is 33.1 Å². The highest BCUT2D eigenvalue weighted by Gasteiger charge is 2.14. The summed E-state index contributed by atoms with van der Waals surface area (Å²) in [4.78, 5) is 10.3. The number of nitrogens with zero attached hydrogens (tertiary/aromatic N) is 2. The predicted molar refractivity (Wildman–Crippen MR) is 81.9 cm³/mol. The van der Waals surface area contributed by atoms with Crippen molar-refractivity contribution in [1.82, 2.24) is 9.97 Å². The van der Waals surface area contributed by atoms with Crippen LogP contribution < -0.4 is 4.98 Å². The van der Waals surface area contributed by atoms with Crippen molar-refractivity contribution in [3.63, 3.8) is 0 Å². The standard InChI is InChI=1S/C17H9FN4O/c18-11-1-9(2-13(23)4-11)10-3-15-14-5-12(6-19)20-8-16(14)22-17(15)21-7-10/h1-5,7-8,23H,(H,21,22)/p+1. The number of nitrogens with one attached hydrogen (secondary N) is 2. The number of pyridine rings is 2. The van der Waals surface area contributed by atoms with E-state index in [-0.39, 0.29) is 5.75 Å².